The molecule has 1 aromatic heterocycles. The van der Waals surface area contributed by atoms with Gasteiger partial charge in [0.05, 0.1) is 24.2 Å². The molecule has 1 fully saturated rings. The van der Waals surface area contributed by atoms with Crippen LogP contribution < -0.4 is 0 Å². The lowest BCUT2D eigenvalue weighted by atomic mass is 10.0. The van der Waals surface area contributed by atoms with Crippen LogP contribution in [0.15, 0.2) is 46.7 Å². The van der Waals surface area contributed by atoms with Gasteiger partial charge in [-0.25, -0.2) is 8.42 Å². The Morgan fingerprint density at radius 3 is 2.59 bits per heavy atom. The third-order valence-electron chi connectivity index (χ3n) is 5.47. The lowest BCUT2D eigenvalue weighted by Crippen LogP contribution is -2.40. The second kappa shape index (κ2) is 8.39. The molecule has 0 aliphatic carbocycles. The highest BCUT2D eigenvalue weighted by atomic mass is 32.2. The molecule has 0 radical (unpaired) electrons. The minimum atomic E-state index is -3.50. The zero-order chi connectivity index (χ0) is 20.4. The third-order valence-corrected chi connectivity index (χ3v) is 8.38. The summed E-state index contributed by atoms with van der Waals surface area (Å²) >= 11 is 1.75. The van der Waals surface area contributed by atoms with Gasteiger partial charge in [0.2, 0.25) is 15.9 Å². The maximum absolute atomic E-state index is 12.7. The Balaban J connectivity index is 1.43. The van der Waals surface area contributed by atoms with Crippen molar-refractivity contribution in [1.82, 2.24) is 9.21 Å². The van der Waals surface area contributed by atoms with Gasteiger partial charge in [0.1, 0.15) is 0 Å². The van der Waals surface area contributed by atoms with Crippen molar-refractivity contribution in [3.63, 3.8) is 0 Å². The van der Waals surface area contributed by atoms with Gasteiger partial charge in [-0.1, -0.05) is 12.1 Å². The highest BCUT2D eigenvalue weighted by Crippen LogP contribution is 2.33. The fraction of sp³-hybridized carbons (Fsp3) is 0.381. The lowest BCUT2D eigenvalue weighted by Gasteiger charge is -2.32. The van der Waals surface area contributed by atoms with E-state index in [2.05, 4.69) is 18.4 Å². The van der Waals surface area contributed by atoms with E-state index in [0.717, 1.165) is 12.0 Å². The summed E-state index contributed by atoms with van der Waals surface area (Å²) in [5.74, 6) is -0.0284. The van der Waals surface area contributed by atoms with Crippen LogP contribution in [0, 0.1) is 0 Å². The van der Waals surface area contributed by atoms with E-state index >= 15 is 0 Å². The van der Waals surface area contributed by atoms with Crippen LogP contribution in [0.4, 0.5) is 0 Å². The molecular formula is C21H24N2O4S2. The largest absolute Gasteiger partial charge is 0.379 e. The number of morpholine rings is 1. The Bertz CT molecular complexity index is 1010. The van der Waals surface area contributed by atoms with Gasteiger partial charge in [-0.3, -0.25) is 4.79 Å². The van der Waals surface area contributed by atoms with Crippen molar-refractivity contribution in [3.8, 4) is 0 Å². The molecule has 8 heteroatoms. The summed E-state index contributed by atoms with van der Waals surface area (Å²) < 4.78 is 32.0. The van der Waals surface area contributed by atoms with Crippen LogP contribution in [0.1, 0.15) is 29.0 Å². The molecule has 4 rings (SSSR count). The smallest absolute Gasteiger partial charge is 0.247 e. The maximum Gasteiger partial charge on any atom is 0.247 e. The number of sulfonamides is 1. The first kappa shape index (κ1) is 20.3. The van der Waals surface area contributed by atoms with Gasteiger partial charge >= 0.3 is 0 Å². The van der Waals surface area contributed by atoms with Gasteiger partial charge in [0.25, 0.3) is 0 Å². The van der Waals surface area contributed by atoms with Crippen LogP contribution in [-0.4, -0.2) is 56.4 Å². The van der Waals surface area contributed by atoms with Crippen LogP contribution in [-0.2, 0) is 26.0 Å². The number of fused-ring (bicyclic) bond motifs is 1. The zero-order valence-electron chi connectivity index (χ0n) is 16.3. The molecular weight excluding hydrogens is 408 g/mol. The number of carbonyl (C=O) groups excluding carboxylic acids is 1. The first-order valence-electron chi connectivity index (χ1n) is 9.70. The molecule has 29 heavy (non-hydrogen) atoms. The van der Waals surface area contributed by atoms with Crippen LogP contribution in [0.5, 0.6) is 0 Å². The SMILES string of the molecule is CC1c2ccsc2CCN1C(=O)/C=C/c1ccc(S(=O)(=O)N2CCOCC2)cc1. The van der Waals surface area contributed by atoms with Crippen LogP contribution >= 0.6 is 11.3 Å². The van der Waals surface area contributed by atoms with Gasteiger partial charge in [-0.2, -0.15) is 4.31 Å². The average Bonchev–Trinajstić information content (AvgIpc) is 3.23. The van der Waals surface area contributed by atoms with Crippen LogP contribution in [0.3, 0.4) is 0 Å². The van der Waals surface area contributed by atoms with E-state index < -0.39 is 10.0 Å². The molecule has 3 heterocycles. The number of rotatable bonds is 4. The average molecular weight is 433 g/mol. The minimum Gasteiger partial charge on any atom is -0.379 e. The van der Waals surface area contributed by atoms with Gasteiger partial charge in [-0.05, 0) is 54.1 Å². The normalized spacial score (nSPS) is 20.7. The van der Waals surface area contributed by atoms with Crippen molar-refractivity contribution in [2.45, 2.75) is 24.3 Å². The maximum atomic E-state index is 12.7. The summed E-state index contributed by atoms with van der Waals surface area (Å²) in [5.41, 5.74) is 2.03. The molecule has 2 aromatic rings. The molecule has 154 valence electrons. The Hall–Kier alpha value is -2.00. The van der Waals surface area contributed by atoms with Crippen molar-refractivity contribution in [2.24, 2.45) is 0 Å². The predicted molar refractivity (Wildman–Crippen MR) is 113 cm³/mol. The van der Waals surface area contributed by atoms with Gasteiger partial charge < -0.3 is 9.64 Å². The monoisotopic (exact) mass is 432 g/mol. The van der Waals surface area contributed by atoms with Crippen molar-refractivity contribution in [3.05, 3.63) is 57.8 Å². The first-order valence-corrected chi connectivity index (χ1v) is 12.0. The highest BCUT2D eigenvalue weighted by Gasteiger charge is 2.27. The molecule has 1 saturated heterocycles. The number of ether oxygens (including phenoxy) is 1. The summed E-state index contributed by atoms with van der Waals surface area (Å²) in [6.45, 7) is 4.36. The van der Waals surface area contributed by atoms with E-state index in [1.165, 1.54) is 14.7 Å². The molecule has 0 bridgehead atoms. The molecule has 2 aliphatic heterocycles. The Labute approximate surface area is 175 Å². The molecule has 1 aromatic carbocycles. The predicted octanol–water partition coefficient (Wildman–Crippen LogP) is 2.93. The van der Waals surface area contributed by atoms with Gasteiger partial charge in [-0.15, -0.1) is 11.3 Å². The summed E-state index contributed by atoms with van der Waals surface area (Å²) in [7, 11) is -3.50. The van der Waals surface area contributed by atoms with Gasteiger partial charge in [0.15, 0.2) is 0 Å². The Kier molecular flexibility index (Phi) is 5.87. The lowest BCUT2D eigenvalue weighted by molar-refractivity contribution is -0.128. The second-order valence-corrected chi connectivity index (χ2v) is 10.1. The Morgan fingerprint density at radius 2 is 1.86 bits per heavy atom. The van der Waals surface area contributed by atoms with E-state index in [9.17, 15) is 13.2 Å². The van der Waals surface area contributed by atoms with Crippen LogP contribution in [0.25, 0.3) is 6.08 Å². The number of hydrogen-bond donors (Lipinski definition) is 0. The molecule has 0 saturated carbocycles. The van der Waals surface area contributed by atoms with Crippen molar-refractivity contribution in [1.29, 1.82) is 0 Å². The quantitative estimate of drug-likeness (QED) is 0.697. The zero-order valence-corrected chi connectivity index (χ0v) is 17.9. The second-order valence-electron chi connectivity index (χ2n) is 7.18. The van der Waals surface area contributed by atoms with Crippen LogP contribution in [0.2, 0.25) is 0 Å². The van der Waals surface area contributed by atoms with Crippen molar-refractivity contribution in [2.75, 3.05) is 32.8 Å². The highest BCUT2D eigenvalue weighted by molar-refractivity contribution is 7.89. The number of nitrogens with zero attached hydrogens (tertiary/aromatic N) is 2. The number of amides is 1. The van der Waals surface area contributed by atoms with E-state index in [-0.39, 0.29) is 16.8 Å². The number of thiophene rings is 1. The van der Waals surface area contributed by atoms with Gasteiger partial charge in [0, 0.05) is 30.6 Å². The fourth-order valence-electron chi connectivity index (χ4n) is 3.76. The Morgan fingerprint density at radius 1 is 1.14 bits per heavy atom. The van der Waals surface area contributed by atoms with E-state index in [1.54, 1.807) is 47.8 Å². The fourth-order valence-corrected chi connectivity index (χ4v) is 6.13. The minimum absolute atomic E-state index is 0.0284. The first-order chi connectivity index (χ1) is 14.0. The molecule has 6 nitrogen and oxygen atoms in total. The standard InChI is InChI=1S/C21H24N2O4S2/c1-16-19-9-15-28-20(19)8-10-23(16)21(24)7-4-17-2-5-18(6-3-17)29(25,26)22-11-13-27-14-12-22/h2-7,9,15-16H,8,10-14H2,1H3/b7-4+. The number of benzene rings is 1. The van der Waals surface area contributed by atoms with Crippen molar-refractivity contribution < 1.29 is 17.9 Å². The summed E-state index contributed by atoms with van der Waals surface area (Å²) in [6, 6.07) is 8.82. The summed E-state index contributed by atoms with van der Waals surface area (Å²) in [5, 5.41) is 2.08. The van der Waals surface area contributed by atoms with Crippen molar-refractivity contribution >= 4 is 33.3 Å². The molecule has 1 amide bonds. The topological polar surface area (TPSA) is 66.9 Å². The molecule has 0 spiro atoms. The summed E-state index contributed by atoms with van der Waals surface area (Å²) in [6.07, 6.45) is 4.20. The third kappa shape index (κ3) is 4.16. The van der Waals surface area contributed by atoms with E-state index in [0.29, 0.717) is 32.8 Å². The summed E-state index contributed by atoms with van der Waals surface area (Å²) in [4.78, 5) is 16.2. The molecule has 2 aliphatic rings. The molecule has 1 unspecified atom stereocenters. The molecule has 1 atom stereocenters. The number of carbonyl (C=O) groups is 1. The van der Waals surface area contributed by atoms with E-state index in [1.807, 2.05) is 4.90 Å². The number of hydrogen-bond acceptors (Lipinski definition) is 5. The molecule has 0 N–H and O–H groups in total. The van der Waals surface area contributed by atoms with E-state index in [4.69, 9.17) is 4.74 Å².